The number of alkyl halides is 6. The lowest BCUT2D eigenvalue weighted by Gasteiger charge is -2.29. The lowest BCUT2D eigenvalue weighted by Crippen LogP contribution is -2.42. The van der Waals surface area contributed by atoms with Gasteiger partial charge in [-0.3, -0.25) is 15.1 Å². The van der Waals surface area contributed by atoms with Gasteiger partial charge in [0.1, 0.15) is 0 Å². The molecule has 3 aromatic rings. The van der Waals surface area contributed by atoms with Gasteiger partial charge in [-0.1, -0.05) is 54.6 Å². The Bertz CT molecular complexity index is 1240. The average Bonchev–Trinajstić information content (AvgIpc) is 3.30. The number of halogens is 6. The molecule has 1 heterocycles. The maximum atomic E-state index is 14.1. The molecular weight excluding hydrogens is 474 g/mol. The zero-order valence-electron chi connectivity index (χ0n) is 17.9. The van der Waals surface area contributed by atoms with Gasteiger partial charge in [-0.25, -0.2) is 0 Å². The first-order valence-electron chi connectivity index (χ1n) is 10.3. The molecule has 0 aromatic heterocycles. The number of rotatable bonds is 5. The minimum absolute atomic E-state index is 0.101. The number of nitrogens with one attached hydrogen (secondary N) is 2. The summed E-state index contributed by atoms with van der Waals surface area (Å²) in [7, 11) is 0. The Morgan fingerprint density at radius 2 is 1.57 bits per heavy atom. The van der Waals surface area contributed by atoms with Gasteiger partial charge >= 0.3 is 12.4 Å². The Balaban J connectivity index is 1.58. The summed E-state index contributed by atoms with van der Waals surface area (Å²) in [5.74, 6) is -0.376. The molecule has 2 N–H and O–H groups in total. The van der Waals surface area contributed by atoms with Gasteiger partial charge in [0.15, 0.2) is 0 Å². The van der Waals surface area contributed by atoms with E-state index in [4.69, 9.17) is 4.84 Å². The fourth-order valence-electron chi connectivity index (χ4n) is 3.59. The number of benzene rings is 3. The quantitative estimate of drug-likeness (QED) is 0.432. The first-order chi connectivity index (χ1) is 16.5. The van der Waals surface area contributed by atoms with Crippen molar-refractivity contribution in [2.75, 3.05) is 0 Å². The maximum Gasteiger partial charge on any atom is 0.428 e. The van der Waals surface area contributed by atoms with Gasteiger partial charge in [-0.2, -0.15) is 26.3 Å². The molecule has 35 heavy (non-hydrogen) atoms. The first-order valence-corrected chi connectivity index (χ1v) is 10.3. The molecule has 0 saturated heterocycles. The molecule has 1 aliphatic heterocycles. The van der Waals surface area contributed by atoms with E-state index in [1.807, 2.05) is 30.3 Å². The van der Waals surface area contributed by atoms with E-state index < -0.39 is 29.1 Å². The van der Waals surface area contributed by atoms with Gasteiger partial charge in [0, 0.05) is 17.7 Å². The summed E-state index contributed by atoms with van der Waals surface area (Å²) >= 11 is 0. The zero-order valence-corrected chi connectivity index (χ0v) is 17.9. The van der Waals surface area contributed by atoms with Crippen LogP contribution in [0.1, 0.15) is 32.6 Å². The monoisotopic (exact) mass is 492 g/mol. The Morgan fingerprint density at radius 3 is 2.20 bits per heavy atom. The van der Waals surface area contributed by atoms with E-state index in [0.29, 0.717) is 24.8 Å². The molecule has 3 aromatic carbocycles. The largest absolute Gasteiger partial charge is 0.428 e. The summed E-state index contributed by atoms with van der Waals surface area (Å²) in [6, 6.07) is 17.8. The smallest absolute Gasteiger partial charge is 0.348 e. The molecule has 1 amide bonds. The summed E-state index contributed by atoms with van der Waals surface area (Å²) in [5, 5.41) is 2.74. The molecule has 4 nitrogen and oxygen atoms in total. The van der Waals surface area contributed by atoms with E-state index in [1.165, 1.54) is 24.3 Å². The second-order valence-corrected chi connectivity index (χ2v) is 7.82. The van der Waals surface area contributed by atoms with Gasteiger partial charge in [0.25, 0.3) is 5.91 Å². The lowest BCUT2D eigenvalue weighted by atomic mass is 9.90. The molecule has 0 fully saturated rings. The van der Waals surface area contributed by atoms with E-state index in [0.717, 1.165) is 17.7 Å². The molecule has 1 aliphatic rings. The van der Waals surface area contributed by atoms with Crippen LogP contribution >= 0.6 is 0 Å². The van der Waals surface area contributed by atoms with Crippen molar-refractivity contribution in [2.24, 2.45) is 0 Å². The van der Waals surface area contributed by atoms with Gasteiger partial charge in [0.2, 0.25) is 5.60 Å². The SMILES string of the molecule is O=C(NCc1ccccc1)c1ccc(C2=CC(c3cccc(C(F)(F)F)c3)(C(F)(F)F)ON2)cc1. The first kappa shape index (κ1) is 24.3. The molecular formula is C25H18F6N2O2. The molecule has 182 valence electrons. The molecule has 10 heteroatoms. The maximum absolute atomic E-state index is 14.1. The molecule has 1 unspecified atom stereocenters. The fourth-order valence-corrected chi connectivity index (χ4v) is 3.59. The standard InChI is InChI=1S/C25H18F6N2O2/c26-24(27,28)20-8-4-7-19(13-20)23(25(29,30)31)14-21(33-35-23)17-9-11-18(12-10-17)22(34)32-15-16-5-2-1-3-6-16/h1-14,33H,15H2,(H,32,34). The summed E-state index contributed by atoms with van der Waals surface area (Å²) in [6.07, 6.45) is -9.20. The third kappa shape index (κ3) is 5.02. The number of carbonyl (C=O) groups is 1. The Labute approximate surface area is 196 Å². The van der Waals surface area contributed by atoms with E-state index in [-0.39, 0.29) is 22.7 Å². The molecule has 1 atom stereocenters. The average molecular weight is 492 g/mol. The highest BCUT2D eigenvalue weighted by molar-refractivity contribution is 5.94. The van der Waals surface area contributed by atoms with Gasteiger partial charge in [-0.05, 0) is 41.5 Å². The van der Waals surface area contributed by atoms with Crippen LogP contribution in [-0.4, -0.2) is 12.1 Å². The van der Waals surface area contributed by atoms with E-state index in [9.17, 15) is 31.1 Å². The van der Waals surface area contributed by atoms with Gasteiger partial charge in [-0.15, -0.1) is 0 Å². The van der Waals surface area contributed by atoms with Crippen LogP contribution in [0.3, 0.4) is 0 Å². The van der Waals surface area contributed by atoms with Gasteiger partial charge in [0.05, 0.1) is 11.3 Å². The van der Waals surface area contributed by atoms with Crippen molar-refractivity contribution >= 4 is 11.6 Å². The number of hydrogen-bond donors (Lipinski definition) is 2. The minimum Gasteiger partial charge on any atom is -0.348 e. The van der Waals surface area contributed by atoms with Crippen LogP contribution in [0.4, 0.5) is 26.3 Å². The van der Waals surface area contributed by atoms with Crippen LogP contribution < -0.4 is 10.8 Å². The van der Waals surface area contributed by atoms with Crippen LogP contribution in [0.15, 0.2) is 84.9 Å². The molecule has 0 radical (unpaired) electrons. The highest BCUT2D eigenvalue weighted by atomic mass is 19.4. The molecule has 4 rings (SSSR count). The van der Waals surface area contributed by atoms with Crippen molar-refractivity contribution in [3.63, 3.8) is 0 Å². The predicted molar refractivity (Wildman–Crippen MR) is 115 cm³/mol. The lowest BCUT2D eigenvalue weighted by molar-refractivity contribution is -0.269. The summed E-state index contributed by atoms with van der Waals surface area (Å²) < 4.78 is 81.5. The zero-order chi connectivity index (χ0) is 25.3. The minimum atomic E-state index is -5.07. The van der Waals surface area contributed by atoms with Crippen molar-refractivity contribution in [3.8, 4) is 0 Å². The number of carbonyl (C=O) groups excluding carboxylic acids is 1. The van der Waals surface area contributed by atoms with Crippen molar-refractivity contribution < 1.29 is 36.0 Å². The summed E-state index contributed by atoms with van der Waals surface area (Å²) in [5.41, 5.74) is -1.57. The third-order valence-electron chi connectivity index (χ3n) is 5.46. The molecule has 0 aliphatic carbocycles. The Hall–Kier alpha value is -3.79. The second-order valence-electron chi connectivity index (χ2n) is 7.82. The second kappa shape index (κ2) is 9.10. The Morgan fingerprint density at radius 1 is 0.886 bits per heavy atom. The van der Waals surface area contributed by atoms with Crippen LogP contribution in [0.25, 0.3) is 5.70 Å². The van der Waals surface area contributed by atoms with Crippen molar-refractivity contribution in [2.45, 2.75) is 24.5 Å². The normalized spacial score (nSPS) is 18.1. The predicted octanol–water partition coefficient (Wildman–Crippen LogP) is 5.97. The topological polar surface area (TPSA) is 50.4 Å². The van der Waals surface area contributed by atoms with Crippen LogP contribution in [0.5, 0.6) is 0 Å². The number of amides is 1. The highest BCUT2D eigenvalue weighted by Gasteiger charge is 2.59. The molecule has 0 bridgehead atoms. The van der Waals surface area contributed by atoms with Crippen molar-refractivity contribution in [1.82, 2.24) is 10.8 Å². The number of hydroxylamine groups is 1. The van der Waals surface area contributed by atoms with E-state index in [2.05, 4.69) is 10.8 Å². The van der Waals surface area contributed by atoms with Crippen LogP contribution in [-0.2, 0) is 23.2 Å². The molecule has 0 spiro atoms. The highest BCUT2D eigenvalue weighted by Crippen LogP contribution is 2.48. The van der Waals surface area contributed by atoms with Crippen molar-refractivity contribution in [1.29, 1.82) is 0 Å². The van der Waals surface area contributed by atoms with Crippen LogP contribution in [0.2, 0.25) is 0 Å². The third-order valence-corrected chi connectivity index (χ3v) is 5.46. The molecule has 0 saturated carbocycles. The summed E-state index contributed by atoms with van der Waals surface area (Å²) in [6.45, 7) is 0.299. The van der Waals surface area contributed by atoms with Crippen LogP contribution in [0, 0.1) is 0 Å². The Kier molecular flexibility index (Phi) is 6.33. The van der Waals surface area contributed by atoms with Gasteiger partial charge < -0.3 is 5.32 Å². The van der Waals surface area contributed by atoms with Crippen molar-refractivity contribution in [3.05, 3.63) is 113 Å². The van der Waals surface area contributed by atoms with E-state index in [1.54, 1.807) is 0 Å². The summed E-state index contributed by atoms with van der Waals surface area (Å²) in [4.78, 5) is 17.3. The fraction of sp³-hybridized carbons (Fsp3) is 0.160. The van der Waals surface area contributed by atoms with E-state index >= 15 is 0 Å². The number of hydrogen-bond acceptors (Lipinski definition) is 3.